The number of hydrogen-bond acceptors (Lipinski definition) is 24. The molecule has 8 heterocycles. The van der Waals surface area contributed by atoms with Crippen LogP contribution < -0.4 is 27.5 Å². The van der Waals surface area contributed by atoms with E-state index >= 15 is 0 Å². The van der Waals surface area contributed by atoms with Gasteiger partial charge < -0.3 is 66.6 Å². The van der Waals surface area contributed by atoms with Gasteiger partial charge in [-0.3, -0.25) is 36.8 Å². The van der Waals surface area contributed by atoms with Crippen LogP contribution in [0, 0.1) is 0 Å². The third kappa shape index (κ3) is 9.59. The van der Waals surface area contributed by atoms with Crippen molar-refractivity contribution in [3.63, 3.8) is 0 Å². The van der Waals surface area contributed by atoms with E-state index < -0.39 is 120 Å². The van der Waals surface area contributed by atoms with Crippen LogP contribution in [0.2, 0.25) is 0 Å². The summed E-state index contributed by atoms with van der Waals surface area (Å²) in [7, 11) is -6.30. The molecule has 5 aromatic heterocycles. The van der Waals surface area contributed by atoms with Crippen LogP contribution >= 0.6 is 15.6 Å². The van der Waals surface area contributed by atoms with Crippen molar-refractivity contribution in [1.82, 2.24) is 48.8 Å². The van der Waals surface area contributed by atoms with E-state index in [1.165, 1.54) is 46.9 Å². The number of aliphatic hydroxyl groups is 2. The maximum absolute atomic E-state index is 14.0. The summed E-state index contributed by atoms with van der Waals surface area (Å²) in [5, 5.41) is 25.2. The van der Waals surface area contributed by atoms with Crippen LogP contribution in [0.1, 0.15) is 42.1 Å². The highest BCUT2D eigenvalue weighted by Gasteiger charge is 2.54. The first-order valence-electron chi connectivity index (χ1n) is 19.9. The van der Waals surface area contributed by atoms with Gasteiger partial charge in [0.25, 0.3) is 11.7 Å². The first kappa shape index (κ1) is 48.2. The van der Waals surface area contributed by atoms with E-state index in [1.807, 2.05) is 0 Å². The molecule has 2 amide bonds. The Morgan fingerprint density at radius 1 is 0.746 bits per heavy atom. The molecule has 0 saturated carbocycles. The van der Waals surface area contributed by atoms with E-state index in [-0.39, 0.29) is 46.8 Å². The van der Waals surface area contributed by atoms with Gasteiger partial charge in [0.15, 0.2) is 35.7 Å². The molecule has 12 N–H and O–H groups in total. The number of amides is 2. The number of anilines is 2. The Morgan fingerprint density at radius 2 is 1.31 bits per heavy atom. The topological polar surface area (TPSA) is 445 Å². The Kier molecular flexibility index (Phi) is 13.7. The lowest BCUT2D eigenvalue weighted by atomic mass is 10.1. The number of imidazole rings is 2. The van der Waals surface area contributed by atoms with Crippen LogP contribution in [-0.4, -0.2) is 163 Å². The highest BCUT2D eigenvalue weighted by molar-refractivity contribution is 7.47. The molecule has 3 fully saturated rings. The SMILES string of the molecule is COC1C(COP(=O)(O)OC2C(OC)C(CCC(N)=O)OC2n2cnc3c(N)[n+](C)cnc32)OC(n2cnc3c(N)ncnc32)C1OP(=O)(O)OCC1OC(n2cnc(C(N)=O)n2)C(O)C1O. The number of aryl methyl sites for hydroxylation is 1. The van der Waals surface area contributed by atoms with E-state index in [1.54, 1.807) is 7.05 Å². The first-order valence-corrected chi connectivity index (χ1v) is 22.9. The van der Waals surface area contributed by atoms with Gasteiger partial charge in [0, 0.05) is 20.6 Å². The molecule has 34 heteroatoms. The molecule has 8 rings (SSSR count). The van der Waals surface area contributed by atoms with Gasteiger partial charge in [0.1, 0.15) is 73.3 Å². The van der Waals surface area contributed by atoms with Gasteiger partial charge in [0.05, 0.1) is 32.7 Å². The Labute approximate surface area is 376 Å². The van der Waals surface area contributed by atoms with Crippen LogP contribution in [0.4, 0.5) is 11.6 Å². The molecule has 0 aliphatic carbocycles. The number of hydrogen-bond donors (Lipinski definition) is 8. The molecule has 0 aromatic carbocycles. The molecule has 67 heavy (non-hydrogen) atoms. The molecule has 14 atom stereocenters. The predicted molar refractivity (Wildman–Crippen MR) is 216 cm³/mol. The summed E-state index contributed by atoms with van der Waals surface area (Å²) < 4.78 is 84.5. The van der Waals surface area contributed by atoms with Crippen molar-refractivity contribution in [3.8, 4) is 0 Å². The van der Waals surface area contributed by atoms with Crippen molar-refractivity contribution in [2.75, 3.05) is 38.9 Å². The van der Waals surface area contributed by atoms with Crippen LogP contribution in [0.15, 0.2) is 31.6 Å². The highest BCUT2D eigenvalue weighted by Crippen LogP contribution is 2.53. The van der Waals surface area contributed by atoms with Gasteiger partial charge in [-0.25, -0.2) is 43.3 Å². The number of primary amides is 2. The third-order valence-electron chi connectivity index (χ3n) is 11.1. The molecule has 14 unspecified atom stereocenters. The molecule has 3 saturated heterocycles. The Bertz CT molecular complexity index is 2730. The number of phosphoric ester groups is 2. The van der Waals surface area contributed by atoms with Crippen molar-refractivity contribution in [3.05, 3.63) is 37.5 Å². The number of nitrogens with zero attached hydrogens (tertiary/aromatic N) is 11. The standard InChI is InChI=1S/C33H45N15O17P2/c1-45-9-43-30-18(26(45)36)41-11-47(30)32-23(21(57-2)13(61-32)4-5-16(34)49)64-67(55,56)60-7-15-22(58-3)24(33(63-15)46-10-40-17-25(35)38-8-39-29(17)46)65-66(53,54)59-6-14-19(50)20(51)31(62-14)48-12-42-28(44-48)27(37)52/h8-15,19-24,31-33,36,50-51H,4-7H2,1-3H3,(H8,34,35,37,38,39,49,52,53,54,55,56)/p+1. The summed E-state index contributed by atoms with van der Waals surface area (Å²) in [6.07, 6.45) is -10.8. The molecule has 364 valence electrons. The number of carbonyl (C=O) groups excluding carboxylic acids is 2. The van der Waals surface area contributed by atoms with Crippen molar-refractivity contribution in [2.45, 2.75) is 86.5 Å². The lowest BCUT2D eigenvalue weighted by Crippen LogP contribution is -2.38. The summed E-state index contributed by atoms with van der Waals surface area (Å²) in [4.78, 5) is 70.5. The summed E-state index contributed by atoms with van der Waals surface area (Å²) in [6.45, 7) is -1.65. The van der Waals surface area contributed by atoms with E-state index in [2.05, 4.69) is 35.0 Å². The van der Waals surface area contributed by atoms with Gasteiger partial charge in [0.2, 0.25) is 23.7 Å². The number of nitrogen functional groups attached to an aromatic ring is 2. The number of ether oxygens (including phenoxy) is 5. The number of rotatable bonds is 19. The molecule has 32 nitrogen and oxygen atoms in total. The van der Waals surface area contributed by atoms with Crippen LogP contribution in [0.25, 0.3) is 22.3 Å². The van der Waals surface area contributed by atoms with Crippen molar-refractivity contribution < 1.29 is 85.1 Å². The van der Waals surface area contributed by atoms with Crippen molar-refractivity contribution >= 4 is 61.4 Å². The van der Waals surface area contributed by atoms with Crippen LogP contribution in [-0.2, 0) is 62.8 Å². The van der Waals surface area contributed by atoms with Gasteiger partial charge >= 0.3 is 15.6 Å². The third-order valence-corrected chi connectivity index (χ3v) is 13.1. The second-order valence-corrected chi connectivity index (χ2v) is 18.1. The zero-order valence-electron chi connectivity index (χ0n) is 35.4. The number of aromatic nitrogens is 11. The molecule has 3 aliphatic rings. The lowest BCUT2D eigenvalue weighted by molar-refractivity contribution is -0.658. The van der Waals surface area contributed by atoms with E-state index in [4.69, 9.17) is 64.7 Å². The number of nitrogens with two attached hydrogens (primary N) is 4. The molecule has 5 aromatic rings. The van der Waals surface area contributed by atoms with Crippen LogP contribution in [0.5, 0.6) is 0 Å². The maximum atomic E-state index is 14.0. The Hall–Kier alpha value is -5.28. The quantitative estimate of drug-likeness (QED) is 0.0292. The number of aliphatic hydroxyl groups excluding tert-OH is 2. The van der Waals surface area contributed by atoms with E-state index in [9.17, 15) is 38.7 Å². The Morgan fingerprint density at radius 3 is 1.91 bits per heavy atom. The average Bonchev–Trinajstić information content (AvgIpc) is 4.14. The van der Waals surface area contributed by atoms with Gasteiger partial charge in [-0.1, -0.05) is 4.98 Å². The molecular weight excluding hydrogens is 940 g/mol. The average molecular weight is 987 g/mol. The molecular formula is C33H46N15O17P2+. The lowest BCUT2D eigenvalue weighted by Gasteiger charge is -2.27. The van der Waals surface area contributed by atoms with Gasteiger partial charge in [-0.05, 0) is 6.42 Å². The zero-order valence-corrected chi connectivity index (χ0v) is 37.2. The second kappa shape index (κ2) is 19.0. The maximum Gasteiger partial charge on any atom is 0.472 e. The molecule has 0 spiro atoms. The Balaban J connectivity index is 1.02. The monoisotopic (exact) mass is 986 g/mol. The summed E-state index contributed by atoms with van der Waals surface area (Å²) >= 11 is 0. The zero-order chi connectivity index (χ0) is 48.1. The number of fused-ring (bicyclic) bond motifs is 2. The van der Waals surface area contributed by atoms with E-state index in [0.717, 1.165) is 17.3 Å². The fourth-order valence-electron chi connectivity index (χ4n) is 7.89. The summed E-state index contributed by atoms with van der Waals surface area (Å²) in [5.41, 5.74) is 23.5. The largest absolute Gasteiger partial charge is 0.472 e. The number of methoxy groups -OCH3 is 2. The minimum Gasteiger partial charge on any atom is -0.387 e. The van der Waals surface area contributed by atoms with Crippen LogP contribution in [0.3, 0.4) is 0 Å². The fraction of sp³-hybridized carbons (Fsp3) is 0.576. The predicted octanol–water partition coefficient (Wildman–Crippen LogP) is -3.64. The normalized spacial score (nSPS) is 30.6. The minimum atomic E-state index is -5.25. The van der Waals surface area contributed by atoms with Gasteiger partial charge in [-0.2, -0.15) is 0 Å². The molecule has 0 radical (unpaired) electrons. The second-order valence-electron chi connectivity index (χ2n) is 15.3. The smallest absolute Gasteiger partial charge is 0.387 e. The summed E-state index contributed by atoms with van der Waals surface area (Å²) in [5.74, 6) is -1.79. The van der Waals surface area contributed by atoms with Crippen molar-refractivity contribution in [1.29, 1.82) is 0 Å². The minimum absolute atomic E-state index is 0.0263. The fourth-order valence-corrected chi connectivity index (χ4v) is 9.74. The van der Waals surface area contributed by atoms with Gasteiger partial charge in [-0.15, -0.1) is 5.10 Å². The van der Waals surface area contributed by atoms with E-state index in [0.29, 0.717) is 0 Å². The van der Waals surface area contributed by atoms with Crippen molar-refractivity contribution in [2.24, 2.45) is 18.5 Å². The molecule has 0 bridgehead atoms. The number of carbonyl (C=O) groups is 2. The number of phosphoric acid groups is 2. The summed E-state index contributed by atoms with van der Waals surface area (Å²) in [6, 6.07) is 0. The molecule has 3 aliphatic heterocycles. The first-order chi connectivity index (χ1) is 31.8. The highest BCUT2D eigenvalue weighted by atomic mass is 31.2.